The number of esters is 1. The molecule has 0 spiro atoms. The van der Waals surface area contributed by atoms with Crippen molar-refractivity contribution in [3.8, 4) is 0 Å². The molecular weight excluding hydrogens is 394 g/mol. The van der Waals surface area contributed by atoms with Crippen molar-refractivity contribution in [2.45, 2.75) is 58.7 Å². The van der Waals surface area contributed by atoms with E-state index in [-0.39, 0.29) is 29.7 Å². The van der Waals surface area contributed by atoms with Crippen LogP contribution in [0.15, 0.2) is 22.4 Å². The number of alkyl halides is 4. The van der Waals surface area contributed by atoms with Crippen molar-refractivity contribution in [3.63, 3.8) is 0 Å². The van der Waals surface area contributed by atoms with Crippen LogP contribution < -0.4 is 5.32 Å². The van der Waals surface area contributed by atoms with E-state index >= 15 is 0 Å². The highest BCUT2D eigenvalue weighted by molar-refractivity contribution is 5.93. The summed E-state index contributed by atoms with van der Waals surface area (Å²) in [5.74, 6) is -4.45. The Hall–Kier alpha value is -2.06. The standard InChI is InChI=1S/C20H27F4NO4/c1-10(2)19(18(27)28)11(3)25-14(9-21)15(17(26)29-4)16(19)12-7-5-6-8-13(12)20(22,23)24/h10-11,16,25H,5-9H2,1-4H3,(H,27,28). The first kappa shape index (κ1) is 23.2. The van der Waals surface area contributed by atoms with E-state index in [0.29, 0.717) is 12.8 Å². The van der Waals surface area contributed by atoms with E-state index in [1.54, 1.807) is 13.8 Å². The number of carboxylic acids is 1. The molecule has 0 fully saturated rings. The fraction of sp³-hybridized carbons (Fsp3) is 0.700. The number of carbonyl (C=O) groups excluding carboxylic acids is 1. The molecule has 0 aromatic rings. The molecule has 2 rings (SSSR count). The molecule has 164 valence electrons. The minimum atomic E-state index is -4.66. The molecule has 0 saturated heterocycles. The van der Waals surface area contributed by atoms with Gasteiger partial charge in [-0.1, -0.05) is 19.4 Å². The molecule has 0 amide bonds. The Morgan fingerprint density at radius 3 is 2.31 bits per heavy atom. The number of hydrogen-bond donors (Lipinski definition) is 2. The van der Waals surface area contributed by atoms with Crippen molar-refractivity contribution in [3.05, 3.63) is 22.4 Å². The van der Waals surface area contributed by atoms with E-state index < -0.39 is 53.7 Å². The molecule has 9 heteroatoms. The Balaban J connectivity index is 2.97. The van der Waals surface area contributed by atoms with Crippen LogP contribution >= 0.6 is 0 Å². The van der Waals surface area contributed by atoms with E-state index in [4.69, 9.17) is 4.74 Å². The van der Waals surface area contributed by atoms with Crippen LogP contribution in [0.4, 0.5) is 17.6 Å². The summed E-state index contributed by atoms with van der Waals surface area (Å²) >= 11 is 0. The lowest BCUT2D eigenvalue weighted by Gasteiger charge is -2.51. The monoisotopic (exact) mass is 421 g/mol. The molecule has 3 unspecified atom stereocenters. The minimum absolute atomic E-state index is 0.00591. The zero-order valence-corrected chi connectivity index (χ0v) is 17.0. The van der Waals surface area contributed by atoms with Gasteiger partial charge in [0, 0.05) is 17.5 Å². The van der Waals surface area contributed by atoms with Crippen LogP contribution in [0.3, 0.4) is 0 Å². The molecule has 0 radical (unpaired) electrons. The Kier molecular flexibility index (Phi) is 6.69. The SMILES string of the molecule is COC(=O)C1=C(CF)NC(C)C(C(=O)O)(C(C)C)C1C1=C(C(F)(F)F)CCCC1. The topological polar surface area (TPSA) is 75.6 Å². The Morgan fingerprint density at radius 2 is 1.86 bits per heavy atom. The highest BCUT2D eigenvalue weighted by Gasteiger charge is 2.60. The van der Waals surface area contributed by atoms with E-state index in [1.807, 2.05) is 0 Å². The number of rotatable bonds is 5. The first-order valence-corrected chi connectivity index (χ1v) is 9.60. The molecule has 29 heavy (non-hydrogen) atoms. The summed E-state index contributed by atoms with van der Waals surface area (Å²) in [6.07, 6.45) is -4.19. The normalized spacial score (nSPS) is 28.4. The van der Waals surface area contributed by atoms with Gasteiger partial charge in [0.05, 0.1) is 18.4 Å². The molecule has 2 N–H and O–H groups in total. The average Bonchev–Trinajstić information content (AvgIpc) is 2.65. The molecular formula is C20H27F4NO4. The number of hydrogen-bond acceptors (Lipinski definition) is 4. The van der Waals surface area contributed by atoms with Gasteiger partial charge in [-0.25, -0.2) is 9.18 Å². The second-order valence-corrected chi connectivity index (χ2v) is 7.92. The molecule has 2 aliphatic rings. The van der Waals surface area contributed by atoms with Crippen LogP contribution in [0.5, 0.6) is 0 Å². The molecule has 1 aliphatic carbocycles. The minimum Gasteiger partial charge on any atom is -0.481 e. The number of carboxylic acid groups (broad SMARTS) is 1. The lowest BCUT2D eigenvalue weighted by Crippen LogP contribution is -2.61. The van der Waals surface area contributed by atoms with Crippen molar-refractivity contribution in [2.24, 2.45) is 17.3 Å². The number of carbonyl (C=O) groups is 2. The zero-order valence-electron chi connectivity index (χ0n) is 17.0. The van der Waals surface area contributed by atoms with E-state index in [1.165, 1.54) is 6.92 Å². The largest absolute Gasteiger partial charge is 0.481 e. The summed E-state index contributed by atoms with van der Waals surface area (Å²) in [6.45, 7) is 3.53. The van der Waals surface area contributed by atoms with Crippen LogP contribution in [0.25, 0.3) is 0 Å². The predicted octanol–water partition coefficient (Wildman–Crippen LogP) is 4.15. The van der Waals surface area contributed by atoms with Gasteiger partial charge in [0.15, 0.2) is 0 Å². The summed E-state index contributed by atoms with van der Waals surface area (Å²) in [5.41, 5.74) is -3.31. The second-order valence-electron chi connectivity index (χ2n) is 7.92. The van der Waals surface area contributed by atoms with Crippen molar-refractivity contribution in [1.29, 1.82) is 0 Å². The van der Waals surface area contributed by atoms with E-state index in [0.717, 1.165) is 7.11 Å². The van der Waals surface area contributed by atoms with Crippen LogP contribution in [-0.2, 0) is 14.3 Å². The molecule has 1 aliphatic heterocycles. The quantitative estimate of drug-likeness (QED) is 0.396. The highest BCUT2D eigenvalue weighted by atomic mass is 19.4. The smallest absolute Gasteiger partial charge is 0.412 e. The third-order valence-corrected chi connectivity index (χ3v) is 6.26. The van der Waals surface area contributed by atoms with Crippen LogP contribution in [0, 0.1) is 17.3 Å². The highest BCUT2D eigenvalue weighted by Crippen LogP contribution is 2.54. The van der Waals surface area contributed by atoms with Gasteiger partial charge in [-0.2, -0.15) is 13.2 Å². The first-order chi connectivity index (χ1) is 13.4. The van der Waals surface area contributed by atoms with Gasteiger partial charge in [-0.05, 0) is 38.5 Å². The third kappa shape index (κ3) is 3.75. The number of allylic oxidation sites excluding steroid dienone is 3. The van der Waals surface area contributed by atoms with Gasteiger partial charge in [-0.15, -0.1) is 0 Å². The number of ether oxygens (including phenoxy) is 1. The first-order valence-electron chi connectivity index (χ1n) is 9.60. The maximum atomic E-state index is 13.9. The van der Waals surface area contributed by atoms with Gasteiger partial charge in [0.2, 0.25) is 0 Å². The molecule has 0 bridgehead atoms. The van der Waals surface area contributed by atoms with Gasteiger partial charge in [0.1, 0.15) is 12.1 Å². The number of halogens is 4. The predicted molar refractivity (Wildman–Crippen MR) is 97.6 cm³/mol. The van der Waals surface area contributed by atoms with Crippen molar-refractivity contribution in [1.82, 2.24) is 5.32 Å². The molecule has 0 saturated carbocycles. The number of methoxy groups -OCH3 is 1. The maximum absolute atomic E-state index is 13.9. The lowest BCUT2D eigenvalue weighted by atomic mass is 9.55. The summed E-state index contributed by atoms with van der Waals surface area (Å²) in [6, 6.07) is -0.909. The van der Waals surface area contributed by atoms with Gasteiger partial charge in [0.25, 0.3) is 0 Å². The lowest BCUT2D eigenvalue weighted by molar-refractivity contribution is -0.159. The second kappa shape index (κ2) is 8.36. The van der Waals surface area contributed by atoms with Gasteiger partial charge in [-0.3, -0.25) is 4.79 Å². The zero-order chi connectivity index (χ0) is 22.1. The maximum Gasteiger partial charge on any atom is 0.412 e. The van der Waals surface area contributed by atoms with Crippen LogP contribution in [0.2, 0.25) is 0 Å². The van der Waals surface area contributed by atoms with Crippen molar-refractivity contribution in [2.75, 3.05) is 13.8 Å². The van der Waals surface area contributed by atoms with Gasteiger partial charge >= 0.3 is 18.1 Å². The average molecular weight is 421 g/mol. The van der Waals surface area contributed by atoms with Gasteiger partial charge < -0.3 is 15.2 Å². The van der Waals surface area contributed by atoms with Crippen molar-refractivity contribution < 1.29 is 37.0 Å². The Morgan fingerprint density at radius 1 is 1.28 bits per heavy atom. The fourth-order valence-electron chi connectivity index (χ4n) is 5.01. The summed E-state index contributed by atoms with van der Waals surface area (Å²) in [7, 11) is 1.04. The van der Waals surface area contributed by atoms with E-state index in [9.17, 15) is 32.3 Å². The van der Waals surface area contributed by atoms with Crippen LogP contribution in [0.1, 0.15) is 46.5 Å². The summed E-state index contributed by atoms with van der Waals surface area (Å²) in [4.78, 5) is 25.2. The number of nitrogens with one attached hydrogen (secondary N) is 1. The summed E-state index contributed by atoms with van der Waals surface area (Å²) < 4.78 is 60.1. The molecule has 3 atom stereocenters. The Bertz CT molecular complexity index is 741. The third-order valence-electron chi connectivity index (χ3n) is 6.26. The molecule has 0 aromatic carbocycles. The molecule has 5 nitrogen and oxygen atoms in total. The van der Waals surface area contributed by atoms with Crippen molar-refractivity contribution >= 4 is 11.9 Å². The molecule has 1 heterocycles. The Labute approximate surface area is 167 Å². The number of aliphatic carboxylic acids is 1. The summed E-state index contributed by atoms with van der Waals surface area (Å²) in [5, 5.41) is 13.0. The fourth-order valence-corrected chi connectivity index (χ4v) is 5.01. The van der Waals surface area contributed by atoms with Crippen LogP contribution in [-0.4, -0.2) is 43.0 Å². The van der Waals surface area contributed by atoms with E-state index in [2.05, 4.69) is 5.32 Å². The molecule has 0 aromatic heterocycles.